The molecule has 0 spiro atoms. The summed E-state index contributed by atoms with van der Waals surface area (Å²) in [6, 6.07) is 0. The number of nitrogens with zero attached hydrogens (tertiary/aromatic N) is 2. The van der Waals surface area contributed by atoms with Crippen molar-refractivity contribution in [2.75, 3.05) is 18.8 Å². The van der Waals surface area contributed by atoms with Crippen molar-refractivity contribution in [1.82, 2.24) is 14.9 Å². The molecule has 2 heterocycles. The molecule has 1 aliphatic heterocycles. The largest absolute Gasteiger partial charge is 0.334 e. The molecule has 0 aromatic carbocycles. The Labute approximate surface area is 89.3 Å². The van der Waals surface area contributed by atoms with Crippen LogP contribution in [0.1, 0.15) is 12.6 Å². The minimum absolute atomic E-state index is 0.901. The van der Waals surface area contributed by atoms with Crippen molar-refractivity contribution in [2.24, 2.45) is 5.92 Å². The molecule has 0 amide bonds. The maximum absolute atomic E-state index is 4.16. The van der Waals surface area contributed by atoms with Crippen LogP contribution in [0.25, 0.3) is 0 Å². The maximum atomic E-state index is 4.16. The minimum Gasteiger partial charge on any atom is -0.334 e. The Hall–Kier alpha value is -0.480. The Morgan fingerprint density at radius 2 is 2.50 bits per heavy atom. The second-order valence-corrected chi connectivity index (χ2v) is 4.74. The van der Waals surface area contributed by atoms with Crippen LogP contribution in [0.4, 0.5) is 0 Å². The smallest absolute Gasteiger partial charge is 0.0948 e. The van der Waals surface area contributed by atoms with E-state index >= 15 is 0 Å². The van der Waals surface area contributed by atoms with Gasteiger partial charge in [0.15, 0.2) is 0 Å². The highest BCUT2D eigenvalue weighted by molar-refractivity contribution is 7.98. The summed E-state index contributed by atoms with van der Waals surface area (Å²) in [7, 11) is 0. The molecule has 1 aliphatic rings. The van der Waals surface area contributed by atoms with Gasteiger partial charge in [0.1, 0.15) is 0 Å². The molecule has 0 bridgehead atoms. The van der Waals surface area contributed by atoms with Crippen molar-refractivity contribution < 1.29 is 0 Å². The summed E-state index contributed by atoms with van der Waals surface area (Å²) in [4.78, 5) is 4.16. The topological polar surface area (TPSA) is 29.9 Å². The highest BCUT2D eigenvalue weighted by atomic mass is 32.2. The van der Waals surface area contributed by atoms with Crippen molar-refractivity contribution in [2.45, 2.75) is 19.2 Å². The van der Waals surface area contributed by atoms with Gasteiger partial charge in [-0.25, -0.2) is 4.98 Å². The summed E-state index contributed by atoms with van der Waals surface area (Å²) >= 11 is 2.02. The Morgan fingerprint density at radius 1 is 1.64 bits per heavy atom. The van der Waals surface area contributed by atoms with Crippen molar-refractivity contribution in [1.29, 1.82) is 0 Å². The van der Waals surface area contributed by atoms with Gasteiger partial charge in [0.2, 0.25) is 0 Å². The van der Waals surface area contributed by atoms with Gasteiger partial charge in [-0.1, -0.05) is 0 Å². The highest BCUT2D eigenvalue weighted by Gasteiger charge is 2.16. The number of rotatable bonds is 5. The molecule has 4 heteroatoms. The second kappa shape index (κ2) is 4.84. The Bertz CT molecular complexity index is 281. The standard InChI is InChI=1S/C10H17N3S/c1-2-13-8-12-5-10(13)7-14-6-9-3-11-4-9/h5,8-9,11H,2-4,6-7H2,1H3. The zero-order chi connectivity index (χ0) is 9.80. The first-order valence-corrected chi connectivity index (χ1v) is 6.33. The van der Waals surface area contributed by atoms with E-state index in [1.54, 1.807) is 0 Å². The summed E-state index contributed by atoms with van der Waals surface area (Å²) < 4.78 is 2.21. The number of nitrogens with one attached hydrogen (secondary N) is 1. The maximum Gasteiger partial charge on any atom is 0.0948 e. The summed E-state index contributed by atoms with van der Waals surface area (Å²) in [6.45, 7) is 5.60. The molecular weight excluding hydrogens is 194 g/mol. The second-order valence-electron chi connectivity index (χ2n) is 3.71. The average molecular weight is 211 g/mol. The van der Waals surface area contributed by atoms with Gasteiger partial charge in [0, 0.05) is 24.2 Å². The third kappa shape index (κ3) is 2.30. The molecule has 0 atom stereocenters. The molecule has 2 rings (SSSR count). The SMILES string of the molecule is CCn1cncc1CSCC1CNC1. The van der Waals surface area contributed by atoms with E-state index in [1.165, 1.54) is 24.5 Å². The lowest BCUT2D eigenvalue weighted by Gasteiger charge is -2.26. The van der Waals surface area contributed by atoms with Gasteiger partial charge in [0.05, 0.1) is 6.33 Å². The normalized spacial score (nSPS) is 16.9. The number of hydrogen-bond donors (Lipinski definition) is 1. The van der Waals surface area contributed by atoms with Gasteiger partial charge in [-0.05, 0) is 31.7 Å². The molecule has 0 unspecified atom stereocenters. The number of aryl methyl sites for hydroxylation is 1. The lowest BCUT2D eigenvalue weighted by atomic mass is 10.1. The fourth-order valence-corrected chi connectivity index (χ4v) is 2.69. The summed E-state index contributed by atoms with van der Waals surface area (Å²) in [6.07, 6.45) is 3.90. The van der Waals surface area contributed by atoms with Crippen molar-refractivity contribution in [3.05, 3.63) is 18.2 Å². The van der Waals surface area contributed by atoms with E-state index in [0.717, 1.165) is 18.2 Å². The number of thioether (sulfide) groups is 1. The first-order chi connectivity index (χ1) is 6.90. The first-order valence-electron chi connectivity index (χ1n) is 5.17. The molecule has 1 aromatic heterocycles. The average Bonchev–Trinajstić information content (AvgIpc) is 2.56. The molecule has 1 fully saturated rings. The van der Waals surface area contributed by atoms with Crippen molar-refractivity contribution >= 4 is 11.8 Å². The van der Waals surface area contributed by atoms with E-state index in [4.69, 9.17) is 0 Å². The van der Waals surface area contributed by atoms with Gasteiger partial charge in [-0.15, -0.1) is 0 Å². The number of aromatic nitrogens is 2. The Morgan fingerprint density at radius 3 is 3.14 bits per heavy atom. The quantitative estimate of drug-likeness (QED) is 0.797. The third-order valence-corrected chi connectivity index (χ3v) is 3.82. The van der Waals surface area contributed by atoms with Crippen molar-refractivity contribution in [3.63, 3.8) is 0 Å². The van der Waals surface area contributed by atoms with Crippen molar-refractivity contribution in [3.8, 4) is 0 Å². The predicted molar refractivity (Wildman–Crippen MR) is 60.4 cm³/mol. The zero-order valence-corrected chi connectivity index (χ0v) is 9.39. The molecule has 0 radical (unpaired) electrons. The van der Waals surface area contributed by atoms with E-state index in [1.807, 2.05) is 24.3 Å². The molecule has 78 valence electrons. The van der Waals surface area contributed by atoms with E-state index in [-0.39, 0.29) is 0 Å². The fraction of sp³-hybridized carbons (Fsp3) is 0.700. The van der Waals surface area contributed by atoms with Crippen LogP contribution in [-0.4, -0.2) is 28.4 Å². The number of imidazole rings is 1. The van der Waals surface area contributed by atoms with Crippen LogP contribution in [0.15, 0.2) is 12.5 Å². The van der Waals surface area contributed by atoms with Crippen LogP contribution in [0.3, 0.4) is 0 Å². The molecular formula is C10H17N3S. The Kier molecular flexibility index (Phi) is 3.48. The molecule has 1 saturated heterocycles. The summed E-state index contributed by atoms with van der Waals surface area (Å²) in [5.41, 5.74) is 1.35. The summed E-state index contributed by atoms with van der Waals surface area (Å²) in [5.74, 6) is 3.28. The van der Waals surface area contributed by atoms with Gasteiger partial charge < -0.3 is 9.88 Å². The first kappa shape index (κ1) is 10.1. The van der Waals surface area contributed by atoms with Crippen LogP contribution in [0.5, 0.6) is 0 Å². The highest BCUT2D eigenvalue weighted by Crippen LogP contribution is 2.17. The van der Waals surface area contributed by atoms with Crippen LogP contribution in [0.2, 0.25) is 0 Å². The lowest BCUT2D eigenvalue weighted by molar-refractivity contribution is 0.385. The fourth-order valence-electron chi connectivity index (χ4n) is 1.55. The van der Waals surface area contributed by atoms with E-state index in [2.05, 4.69) is 21.8 Å². The third-order valence-electron chi connectivity index (χ3n) is 2.61. The van der Waals surface area contributed by atoms with Gasteiger partial charge >= 0.3 is 0 Å². The number of hydrogen-bond acceptors (Lipinski definition) is 3. The molecule has 0 saturated carbocycles. The molecule has 3 nitrogen and oxygen atoms in total. The monoisotopic (exact) mass is 211 g/mol. The minimum atomic E-state index is 0.901. The van der Waals surface area contributed by atoms with Crippen LogP contribution < -0.4 is 5.32 Å². The van der Waals surface area contributed by atoms with E-state index in [9.17, 15) is 0 Å². The predicted octanol–water partition coefficient (Wildman–Crippen LogP) is 1.36. The van der Waals surface area contributed by atoms with Gasteiger partial charge in [-0.3, -0.25) is 0 Å². The van der Waals surface area contributed by atoms with E-state index in [0.29, 0.717) is 0 Å². The zero-order valence-electron chi connectivity index (χ0n) is 8.57. The van der Waals surface area contributed by atoms with Crippen LogP contribution in [-0.2, 0) is 12.3 Å². The molecule has 0 aliphatic carbocycles. The van der Waals surface area contributed by atoms with Gasteiger partial charge in [-0.2, -0.15) is 11.8 Å². The molecule has 1 N–H and O–H groups in total. The van der Waals surface area contributed by atoms with Crippen LogP contribution in [0, 0.1) is 5.92 Å². The van der Waals surface area contributed by atoms with E-state index < -0.39 is 0 Å². The Balaban J connectivity index is 1.73. The van der Waals surface area contributed by atoms with Gasteiger partial charge in [0.25, 0.3) is 0 Å². The van der Waals surface area contributed by atoms with Crippen LogP contribution >= 0.6 is 11.8 Å². The lowest BCUT2D eigenvalue weighted by Crippen LogP contribution is -2.43. The molecule has 14 heavy (non-hydrogen) atoms. The summed E-state index contributed by atoms with van der Waals surface area (Å²) in [5, 5.41) is 3.30. The molecule has 1 aromatic rings.